The first-order valence-electron chi connectivity index (χ1n) is 5.68. The highest BCUT2D eigenvalue weighted by atomic mass is 16.6. The summed E-state index contributed by atoms with van der Waals surface area (Å²) in [6.07, 6.45) is 0. The van der Waals surface area contributed by atoms with Crippen LogP contribution in [0.3, 0.4) is 0 Å². The van der Waals surface area contributed by atoms with Gasteiger partial charge < -0.3 is 9.47 Å². The number of esters is 1. The summed E-state index contributed by atoms with van der Waals surface area (Å²) in [6, 6.07) is 3.86. The van der Waals surface area contributed by atoms with Crippen LogP contribution < -0.4 is 4.74 Å². The van der Waals surface area contributed by atoms with Crippen LogP contribution in [0.5, 0.6) is 5.75 Å². The van der Waals surface area contributed by atoms with Crippen molar-refractivity contribution in [2.45, 2.75) is 13.8 Å². The molecule has 0 atom stereocenters. The van der Waals surface area contributed by atoms with Gasteiger partial charge in [0.2, 0.25) is 0 Å². The first-order chi connectivity index (χ1) is 8.95. The van der Waals surface area contributed by atoms with Gasteiger partial charge in [-0.1, -0.05) is 6.58 Å². The van der Waals surface area contributed by atoms with Crippen LogP contribution in [0.2, 0.25) is 0 Å². The lowest BCUT2D eigenvalue weighted by molar-refractivity contribution is -0.385. The Morgan fingerprint density at radius 3 is 2.68 bits per heavy atom. The van der Waals surface area contributed by atoms with Gasteiger partial charge in [0.15, 0.2) is 5.75 Å². The van der Waals surface area contributed by atoms with E-state index in [-0.39, 0.29) is 30.2 Å². The van der Waals surface area contributed by atoms with Gasteiger partial charge >= 0.3 is 11.7 Å². The zero-order valence-electron chi connectivity index (χ0n) is 10.8. The minimum absolute atomic E-state index is 0.0264. The Hall–Kier alpha value is -2.37. The summed E-state index contributed by atoms with van der Waals surface area (Å²) < 4.78 is 10.1. The molecule has 0 heterocycles. The molecule has 0 aliphatic rings. The normalized spacial score (nSPS) is 9.79. The predicted octanol–water partition coefficient (Wildman–Crippen LogP) is 2.73. The minimum Gasteiger partial charge on any atom is -0.482 e. The number of rotatable bonds is 6. The van der Waals surface area contributed by atoms with Crippen molar-refractivity contribution in [1.29, 1.82) is 0 Å². The molecule has 6 nitrogen and oxygen atoms in total. The summed E-state index contributed by atoms with van der Waals surface area (Å²) in [7, 11) is 0. The van der Waals surface area contributed by atoms with Gasteiger partial charge in [0, 0.05) is 12.1 Å². The highest BCUT2D eigenvalue weighted by Gasteiger charge is 2.18. The minimum atomic E-state index is -0.567. The SMILES string of the molecule is C=C(C)COc1cc(C(=O)OCC)ccc1[N+](=O)[O-]. The molecule has 0 radical (unpaired) electrons. The Morgan fingerprint density at radius 2 is 2.16 bits per heavy atom. The number of carbonyl (C=O) groups excluding carboxylic acids is 1. The van der Waals surface area contributed by atoms with Gasteiger partial charge in [-0.3, -0.25) is 10.1 Å². The topological polar surface area (TPSA) is 78.7 Å². The van der Waals surface area contributed by atoms with Crippen molar-refractivity contribution in [3.05, 3.63) is 46.0 Å². The van der Waals surface area contributed by atoms with Crippen molar-refractivity contribution in [2.75, 3.05) is 13.2 Å². The van der Waals surface area contributed by atoms with Crippen molar-refractivity contribution < 1.29 is 19.2 Å². The number of hydrogen-bond donors (Lipinski definition) is 0. The second-order valence-electron chi connectivity index (χ2n) is 3.91. The van der Waals surface area contributed by atoms with E-state index < -0.39 is 10.9 Å². The monoisotopic (exact) mass is 265 g/mol. The Balaban J connectivity index is 3.06. The van der Waals surface area contributed by atoms with Crippen molar-refractivity contribution in [3.63, 3.8) is 0 Å². The second kappa shape index (κ2) is 6.53. The van der Waals surface area contributed by atoms with E-state index in [1.165, 1.54) is 18.2 Å². The summed E-state index contributed by atoms with van der Waals surface area (Å²) in [5, 5.41) is 10.9. The zero-order valence-corrected chi connectivity index (χ0v) is 10.8. The fourth-order valence-electron chi connectivity index (χ4n) is 1.32. The van der Waals surface area contributed by atoms with E-state index in [9.17, 15) is 14.9 Å². The molecule has 0 amide bonds. The van der Waals surface area contributed by atoms with Gasteiger partial charge in [-0.2, -0.15) is 0 Å². The zero-order chi connectivity index (χ0) is 14.4. The summed E-state index contributed by atoms with van der Waals surface area (Å²) in [5.41, 5.74) is 0.731. The molecule has 0 unspecified atom stereocenters. The Bertz CT molecular complexity index is 510. The molecule has 0 saturated heterocycles. The third-order valence-corrected chi connectivity index (χ3v) is 2.14. The third-order valence-electron chi connectivity index (χ3n) is 2.14. The van der Waals surface area contributed by atoms with Crippen LogP contribution in [0.25, 0.3) is 0 Å². The van der Waals surface area contributed by atoms with Gasteiger partial charge in [-0.25, -0.2) is 4.79 Å². The molecule has 0 aliphatic heterocycles. The summed E-state index contributed by atoms with van der Waals surface area (Å²) in [4.78, 5) is 21.8. The third kappa shape index (κ3) is 4.09. The van der Waals surface area contributed by atoms with Crippen LogP contribution in [0.4, 0.5) is 5.69 Å². The van der Waals surface area contributed by atoms with E-state index in [0.717, 1.165) is 5.57 Å². The Kier molecular flexibility index (Phi) is 5.05. The summed E-state index contributed by atoms with van der Waals surface area (Å²) in [6.45, 7) is 7.44. The van der Waals surface area contributed by atoms with Crippen LogP contribution in [0.1, 0.15) is 24.2 Å². The fourth-order valence-corrected chi connectivity index (χ4v) is 1.32. The average molecular weight is 265 g/mol. The Labute approximate surface area is 110 Å². The molecule has 1 aromatic rings. The van der Waals surface area contributed by atoms with Gasteiger partial charge in [0.25, 0.3) is 0 Å². The van der Waals surface area contributed by atoms with Crippen molar-refractivity contribution >= 4 is 11.7 Å². The standard InChI is InChI=1S/C13H15NO5/c1-4-18-13(15)10-5-6-11(14(16)17)12(7-10)19-8-9(2)3/h5-7H,2,4,8H2,1,3H3. The van der Waals surface area contributed by atoms with Gasteiger partial charge in [-0.05, 0) is 25.5 Å². The van der Waals surface area contributed by atoms with Gasteiger partial charge in [-0.15, -0.1) is 0 Å². The molecule has 0 fully saturated rings. The van der Waals surface area contributed by atoms with Crippen LogP contribution in [0, 0.1) is 10.1 Å². The number of nitro groups is 1. The molecule has 102 valence electrons. The first-order valence-corrected chi connectivity index (χ1v) is 5.68. The largest absolute Gasteiger partial charge is 0.482 e. The molecule has 0 aromatic heterocycles. The molecule has 6 heteroatoms. The number of nitrogens with zero attached hydrogens (tertiary/aromatic N) is 1. The first kappa shape index (κ1) is 14.7. The van der Waals surface area contributed by atoms with Gasteiger partial charge in [0.1, 0.15) is 6.61 Å². The molecule has 0 bridgehead atoms. The molecule has 1 rings (SSSR count). The van der Waals surface area contributed by atoms with E-state index in [0.29, 0.717) is 0 Å². The highest BCUT2D eigenvalue weighted by molar-refractivity contribution is 5.90. The average Bonchev–Trinajstić information content (AvgIpc) is 2.36. The number of hydrogen-bond acceptors (Lipinski definition) is 5. The molecule has 0 saturated carbocycles. The fraction of sp³-hybridized carbons (Fsp3) is 0.308. The quantitative estimate of drug-likeness (QED) is 0.342. The van der Waals surface area contributed by atoms with E-state index in [4.69, 9.17) is 9.47 Å². The lowest BCUT2D eigenvalue weighted by Gasteiger charge is -2.08. The van der Waals surface area contributed by atoms with E-state index in [1.807, 2.05) is 0 Å². The number of nitro benzene ring substituents is 1. The van der Waals surface area contributed by atoms with E-state index in [2.05, 4.69) is 6.58 Å². The predicted molar refractivity (Wildman–Crippen MR) is 69.4 cm³/mol. The van der Waals surface area contributed by atoms with E-state index >= 15 is 0 Å². The lowest BCUT2D eigenvalue weighted by Crippen LogP contribution is -2.07. The van der Waals surface area contributed by atoms with Crippen LogP contribution in [-0.2, 0) is 4.74 Å². The second-order valence-corrected chi connectivity index (χ2v) is 3.91. The maximum atomic E-state index is 11.6. The summed E-state index contributed by atoms with van der Waals surface area (Å²) in [5.74, 6) is -0.517. The van der Waals surface area contributed by atoms with Crippen molar-refractivity contribution in [3.8, 4) is 5.75 Å². The molecular weight excluding hydrogens is 250 g/mol. The molecule has 0 spiro atoms. The molecule has 19 heavy (non-hydrogen) atoms. The maximum absolute atomic E-state index is 11.6. The number of benzene rings is 1. The highest BCUT2D eigenvalue weighted by Crippen LogP contribution is 2.28. The lowest BCUT2D eigenvalue weighted by atomic mass is 10.2. The van der Waals surface area contributed by atoms with Crippen LogP contribution >= 0.6 is 0 Å². The number of carbonyl (C=O) groups is 1. The molecule has 0 aliphatic carbocycles. The summed E-state index contributed by atoms with van der Waals surface area (Å²) >= 11 is 0. The van der Waals surface area contributed by atoms with Crippen LogP contribution in [-0.4, -0.2) is 24.1 Å². The molecular formula is C13H15NO5. The van der Waals surface area contributed by atoms with Crippen LogP contribution in [0.15, 0.2) is 30.4 Å². The molecule has 1 aromatic carbocycles. The van der Waals surface area contributed by atoms with E-state index in [1.54, 1.807) is 13.8 Å². The van der Waals surface area contributed by atoms with Gasteiger partial charge in [0.05, 0.1) is 17.1 Å². The number of ether oxygens (including phenoxy) is 2. The Morgan fingerprint density at radius 1 is 1.47 bits per heavy atom. The van der Waals surface area contributed by atoms with Crippen molar-refractivity contribution in [2.24, 2.45) is 0 Å². The molecule has 0 N–H and O–H groups in total. The smallest absolute Gasteiger partial charge is 0.338 e. The maximum Gasteiger partial charge on any atom is 0.338 e. The van der Waals surface area contributed by atoms with Crippen molar-refractivity contribution in [1.82, 2.24) is 0 Å².